The third kappa shape index (κ3) is 3.12. The number of hydrogen-bond donors (Lipinski definition) is 1. The minimum absolute atomic E-state index is 0.0596. The summed E-state index contributed by atoms with van der Waals surface area (Å²) in [6.45, 7) is 3.55. The number of nitro groups is 1. The molecule has 0 radical (unpaired) electrons. The number of carbonyl (C=O) groups excluding carboxylic acids is 2. The normalized spacial score (nSPS) is 15.6. The van der Waals surface area contributed by atoms with Crippen LogP contribution >= 0.6 is 0 Å². The summed E-state index contributed by atoms with van der Waals surface area (Å²) >= 11 is 0. The van der Waals surface area contributed by atoms with Gasteiger partial charge in [-0.3, -0.25) is 25.1 Å². The third-order valence-corrected chi connectivity index (χ3v) is 3.92. The van der Waals surface area contributed by atoms with E-state index < -0.39 is 16.7 Å². The number of nitrogens with zero attached hydrogens (tertiary/aromatic N) is 2. The summed E-state index contributed by atoms with van der Waals surface area (Å²) < 4.78 is 0. The number of carbonyl (C=O) groups is 2. The van der Waals surface area contributed by atoms with Gasteiger partial charge in [-0.25, -0.2) is 5.01 Å². The molecule has 0 spiro atoms. The zero-order valence-corrected chi connectivity index (χ0v) is 13.6. The van der Waals surface area contributed by atoms with Gasteiger partial charge in [0.05, 0.1) is 10.6 Å². The molecule has 7 nitrogen and oxygen atoms in total. The molecule has 1 aliphatic rings. The lowest BCUT2D eigenvalue weighted by molar-refractivity contribution is -0.385. The quantitative estimate of drug-likeness (QED) is 0.403. The minimum atomic E-state index is -0.547. The van der Waals surface area contributed by atoms with E-state index in [0.29, 0.717) is 16.8 Å². The van der Waals surface area contributed by atoms with Crippen LogP contribution in [0.3, 0.4) is 0 Å². The largest absolute Gasteiger partial charge is 0.282 e. The summed E-state index contributed by atoms with van der Waals surface area (Å²) in [5.74, 6) is -1.05. The summed E-state index contributed by atoms with van der Waals surface area (Å²) in [5.41, 5.74) is 4.87. The van der Waals surface area contributed by atoms with E-state index in [1.165, 1.54) is 12.1 Å². The predicted octanol–water partition coefficient (Wildman–Crippen LogP) is 2.67. The van der Waals surface area contributed by atoms with Crippen LogP contribution in [0.25, 0.3) is 6.08 Å². The number of hydrazine groups is 1. The molecule has 1 fully saturated rings. The number of hydrogen-bond acceptors (Lipinski definition) is 4. The number of benzene rings is 2. The molecule has 0 atom stereocenters. The Bertz CT molecular complexity index is 916. The Kier molecular flexibility index (Phi) is 4.06. The van der Waals surface area contributed by atoms with Gasteiger partial charge in [-0.2, -0.15) is 0 Å². The highest BCUT2D eigenvalue weighted by atomic mass is 16.6. The van der Waals surface area contributed by atoms with Gasteiger partial charge in [0.2, 0.25) is 0 Å². The van der Waals surface area contributed by atoms with Crippen LogP contribution in [0.2, 0.25) is 0 Å². The van der Waals surface area contributed by atoms with Gasteiger partial charge in [0.15, 0.2) is 0 Å². The molecular weight excluding hydrogens is 322 g/mol. The maximum Gasteiger partial charge on any atom is 0.282 e. The van der Waals surface area contributed by atoms with Crippen LogP contribution in [0, 0.1) is 24.0 Å². The van der Waals surface area contributed by atoms with E-state index in [1.54, 1.807) is 31.2 Å². The fraction of sp³-hybridized carbons (Fsp3) is 0.111. The molecule has 1 saturated heterocycles. The van der Waals surface area contributed by atoms with E-state index in [4.69, 9.17) is 0 Å². The Morgan fingerprint density at radius 2 is 1.76 bits per heavy atom. The van der Waals surface area contributed by atoms with Gasteiger partial charge in [-0.05, 0) is 37.6 Å². The van der Waals surface area contributed by atoms with Gasteiger partial charge < -0.3 is 0 Å². The van der Waals surface area contributed by atoms with Crippen molar-refractivity contribution in [1.82, 2.24) is 5.43 Å². The molecule has 2 aromatic carbocycles. The van der Waals surface area contributed by atoms with Crippen molar-refractivity contribution >= 4 is 29.3 Å². The molecule has 0 aliphatic carbocycles. The van der Waals surface area contributed by atoms with Crippen LogP contribution in [0.1, 0.15) is 16.7 Å². The van der Waals surface area contributed by atoms with Crippen molar-refractivity contribution in [3.05, 3.63) is 74.8 Å². The van der Waals surface area contributed by atoms with Gasteiger partial charge in [0.25, 0.3) is 17.5 Å². The lowest BCUT2D eigenvalue weighted by Gasteiger charge is -2.14. The Morgan fingerprint density at radius 3 is 2.40 bits per heavy atom. The third-order valence-electron chi connectivity index (χ3n) is 3.92. The van der Waals surface area contributed by atoms with Crippen molar-refractivity contribution in [3.63, 3.8) is 0 Å². The van der Waals surface area contributed by atoms with E-state index in [1.807, 2.05) is 19.1 Å². The fourth-order valence-electron chi connectivity index (χ4n) is 2.51. The van der Waals surface area contributed by atoms with Gasteiger partial charge >= 0.3 is 0 Å². The van der Waals surface area contributed by atoms with E-state index in [0.717, 1.165) is 10.6 Å². The molecule has 1 heterocycles. The monoisotopic (exact) mass is 337 g/mol. The van der Waals surface area contributed by atoms with Crippen molar-refractivity contribution in [2.75, 3.05) is 5.01 Å². The summed E-state index contributed by atoms with van der Waals surface area (Å²) in [5, 5.41) is 12.2. The molecule has 2 amide bonds. The fourth-order valence-corrected chi connectivity index (χ4v) is 2.51. The second-order valence-electron chi connectivity index (χ2n) is 5.78. The van der Waals surface area contributed by atoms with Gasteiger partial charge in [0.1, 0.15) is 5.57 Å². The zero-order chi connectivity index (χ0) is 18.1. The molecule has 0 saturated carbocycles. The first-order valence-corrected chi connectivity index (χ1v) is 7.55. The van der Waals surface area contributed by atoms with E-state index in [2.05, 4.69) is 5.43 Å². The van der Waals surface area contributed by atoms with Crippen LogP contribution in [-0.4, -0.2) is 16.7 Å². The minimum Gasteiger partial charge on any atom is -0.267 e. The maximum atomic E-state index is 12.5. The summed E-state index contributed by atoms with van der Waals surface area (Å²) in [6, 6.07) is 11.7. The lowest BCUT2D eigenvalue weighted by Crippen LogP contribution is -2.35. The molecule has 3 rings (SSSR count). The molecule has 0 aromatic heterocycles. The van der Waals surface area contributed by atoms with Crippen LogP contribution < -0.4 is 10.4 Å². The first-order valence-electron chi connectivity index (χ1n) is 7.55. The molecule has 0 unspecified atom stereocenters. The first kappa shape index (κ1) is 16.4. The topological polar surface area (TPSA) is 92.6 Å². The highest BCUT2D eigenvalue weighted by Crippen LogP contribution is 2.24. The van der Waals surface area contributed by atoms with Crippen molar-refractivity contribution in [1.29, 1.82) is 0 Å². The van der Waals surface area contributed by atoms with Crippen LogP contribution in [-0.2, 0) is 9.59 Å². The Morgan fingerprint density at radius 1 is 1.08 bits per heavy atom. The average molecular weight is 337 g/mol. The van der Waals surface area contributed by atoms with Gasteiger partial charge in [-0.15, -0.1) is 0 Å². The number of rotatable bonds is 3. The number of anilines is 1. The molecular formula is C18H15N3O4. The molecule has 7 heteroatoms. The average Bonchev–Trinajstić information content (AvgIpc) is 2.85. The molecule has 25 heavy (non-hydrogen) atoms. The lowest BCUT2D eigenvalue weighted by atomic mass is 10.1. The highest BCUT2D eigenvalue weighted by Gasteiger charge is 2.34. The summed E-state index contributed by atoms with van der Waals surface area (Å²) in [7, 11) is 0. The standard InChI is InChI=1S/C18H15N3O4/c1-11-3-7-14(8-4-11)20-18(23)15(17(22)19-20)9-13-6-5-12(2)16(10-13)21(24)25/h3-10H,1-2H3,(H,19,22). The predicted molar refractivity (Wildman–Crippen MR) is 92.6 cm³/mol. The molecule has 2 aromatic rings. The van der Waals surface area contributed by atoms with Crippen molar-refractivity contribution < 1.29 is 14.5 Å². The molecule has 0 bridgehead atoms. The van der Waals surface area contributed by atoms with E-state index in [-0.39, 0.29) is 11.3 Å². The number of amides is 2. The summed E-state index contributed by atoms with van der Waals surface area (Å²) in [4.78, 5) is 35.2. The highest BCUT2D eigenvalue weighted by molar-refractivity contribution is 6.31. The molecule has 1 N–H and O–H groups in total. The Labute approximate surface area is 143 Å². The van der Waals surface area contributed by atoms with E-state index >= 15 is 0 Å². The summed E-state index contributed by atoms with van der Waals surface area (Å²) in [6.07, 6.45) is 1.36. The SMILES string of the molecule is Cc1ccc(N2NC(=O)C(=Cc3ccc(C)c([N+](=O)[O-])c3)C2=O)cc1. The number of aryl methyl sites for hydroxylation is 2. The second kappa shape index (κ2) is 6.20. The molecule has 126 valence electrons. The Balaban J connectivity index is 1.95. The van der Waals surface area contributed by atoms with E-state index in [9.17, 15) is 19.7 Å². The van der Waals surface area contributed by atoms with Gasteiger partial charge in [-0.1, -0.05) is 29.8 Å². The Hall–Kier alpha value is -3.48. The van der Waals surface area contributed by atoms with Crippen LogP contribution in [0.4, 0.5) is 11.4 Å². The maximum absolute atomic E-state index is 12.5. The first-order chi connectivity index (χ1) is 11.9. The van der Waals surface area contributed by atoms with Crippen molar-refractivity contribution in [2.24, 2.45) is 0 Å². The molecule has 1 aliphatic heterocycles. The second-order valence-corrected chi connectivity index (χ2v) is 5.78. The van der Waals surface area contributed by atoms with Crippen LogP contribution in [0.5, 0.6) is 0 Å². The zero-order valence-electron chi connectivity index (χ0n) is 13.6. The van der Waals surface area contributed by atoms with Crippen LogP contribution in [0.15, 0.2) is 48.0 Å². The van der Waals surface area contributed by atoms with Crippen molar-refractivity contribution in [2.45, 2.75) is 13.8 Å². The van der Waals surface area contributed by atoms with Gasteiger partial charge in [0, 0.05) is 11.6 Å². The number of nitrogens with one attached hydrogen (secondary N) is 1. The smallest absolute Gasteiger partial charge is 0.267 e. The van der Waals surface area contributed by atoms with Crippen molar-refractivity contribution in [3.8, 4) is 0 Å². The number of nitro benzene ring substituents is 1.